The maximum absolute atomic E-state index is 12.3. The molecule has 2 heterocycles. The van der Waals surface area contributed by atoms with Gasteiger partial charge in [-0.3, -0.25) is 10.1 Å². The average Bonchev–Trinajstić information content (AvgIpc) is 3.11. The van der Waals surface area contributed by atoms with E-state index in [9.17, 15) is 4.79 Å². The van der Waals surface area contributed by atoms with E-state index in [0.29, 0.717) is 5.56 Å². The number of nitrogens with zero attached hydrogens (tertiary/aromatic N) is 2. The van der Waals surface area contributed by atoms with Gasteiger partial charge in [0.05, 0.1) is 5.56 Å². The molecule has 26 heavy (non-hydrogen) atoms. The highest BCUT2D eigenvalue weighted by Crippen LogP contribution is 2.12. The van der Waals surface area contributed by atoms with E-state index in [1.54, 1.807) is 35.1 Å². The molecular weight excluding hydrogens is 344 g/mol. The Kier molecular flexibility index (Phi) is 5.96. The first kappa shape index (κ1) is 18.1. The number of imidazole rings is 1. The smallest absolute Gasteiger partial charge is 0.258 e. The molecule has 0 saturated carbocycles. The van der Waals surface area contributed by atoms with Crippen molar-refractivity contribution in [2.45, 2.75) is 32.6 Å². The maximum Gasteiger partial charge on any atom is 0.258 e. The Morgan fingerprint density at radius 1 is 1.15 bits per heavy atom. The topological polar surface area (TPSA) is 58.4 Å². The number of hydrogen-bond acceptors (Lipinski definition) is 3. The van der Waals surface area contributed by atoms with E-state index in [4.69, 9.17) is 12.2 Å². The van der Waals surface area contributed by atoms with E-state index >= 15 is 0 Å². The second kappa shape index (κ2) is 8.58. The van der Waals surface area contributed by atoms with Crippen molar-refractivity contribution in [3.8, 4) is 0 Å². The molecule has 0 radical (unpaired) electrons. The third-order valence-corrected chi connectivity index (χ3v) is 4.36. The zero-order valence-corrected chi connectivity index (χ0v) is 15.6. The average molecular weight is 366 g/mol. The predicted octanol–water partition coefficient (Wildman–Crippen LogP) is 4.19. The van der Waals surface area contributed by atoms with Crippen molar-refractivity contribution >= 4 is 34.6 Å². The Bertz CT molecular complexity index is 902. The van der Waals surface area contributed by atoms with Crippen LogP contribution < -0.4 is 10.6 Å². The molecule has 0 bridgehead atoms. The molecule has 0 atom stereocenters. The van der Waals surface area contributed by atoms with Crippen molar-refractivity contribution in [3.05, 3.63) is 66.1 Å². The Morgan fingerprint density at radius 3 is 2.73 bits per heavy atom. The van der Waals surface area contributed by atoms with Crippen molar-refractivity contribution < 1.29 is 4.79 Å². The molecule has 1 aromatic carbocycles. The first-order chi connectivity index (χ1) is 12.7. The number of rotatable bonds is 6. The quantitative estimate of drug-likeness (QED) is 0.507. The Hall–Kier alpha value is -2.73. The van der Waals surface area contributed by atoms with Gasteiger partial charge in [0.15, 0.2) is 5.11 Å². The number of thiocarbonyl (C=S) groups is 1. The van der Waals surface area contributed by atoms with Crippen LogP contribution in [0.15, 0.2) is 55.0 Å². The van der Waals surface area contributed by atoms with Gasteiger partial charge in [-0.25, -0.2) is 4.98 Å². The maximum atomic E-state index is 12.3. The molecule has 2 N–H and O–H groups in total. The Morgan fingerprint density at radius 2 is 1.96 bits per heavy atom. The molecule has 0 unspecified atom stereocenters. The van der Waals surface area contributed by atoms with Crippen LogP contribution in [0.3, 0.4) is 0 Å². The SMILES string of the molecule is CCCCCc1ccc(NC(=S)NC(=O)c2ccc3nccn3c2)cc1. The van der Waals surface area contributed by atoms with E-state index in [1.807, 2.05) is 12.1 Å². The third-order valence-electron chi connectivity index (χ3n) is 4.16. The van der Waals surface area contributed by atoms with E-state index in [-0.39, 0.29) is 11.0 Å². The van der Waals surface area contributed by atoms with Crippen LogP contribution in [0.5, 0.6) is 0 Å². The number of amides is 1. The molecule has 0 saturated heterocycles. The largest absolute Gasteiger partial charge is 0.332 e. The lowest BCUT2D eigenvalue weighted by Gasteiger charge is -2.10. The van der Waals surface area contributed by atoms with Gasteiger partial charge in [-0.15, -0.1) is 0 Å². The second-order valence-corrected chi connectivity index (χ2v) is 6.58. The number of fused-ring (bicyclic) bond motifs is 1. The number of aryl methyl sites for hydroxylation is 1. The number of hydrogen-bond donors (Lipinski definition) is 2. The van der Waals surface area contributed by atoms with Crippen LogP contribution in [0.2, 0.25) is 0 Å². The highest BCUT2D eigenvalue weighted by Gasteiger charge is 2.09. The van der Waals surface area contributed by atoms with Crippen LogP contribution in [0, 0.1) is 0 Å². The summed E-state index contributed by atoms with van der Waals surface area (Å²) in [5, 5.41) is 6.03. The van der Waals surface area contributed by atoms with E-state index in [1.165, 1.54) is 24.8 Å². The number of pyridine rings is 1. The second-order valence-electron chi connectivity index (χ2n) is 6.17. The molecule has 5 nitrogen and oxygen atoms in total. The molecule has 3 aromatic rings. The van der Waals surface area contributed by atoms with Crippen LogP contribution in [-0.2, 0) is 6.42 Å². The lowest BCUT2D eigenvalue weighted by atomic mass is 10.1. The summed E-state index contributed by atoms with van der Waals surface area (Å²) in [6.07, 6.45) is 9.98. The zero-order chi connectivity index (χ0) is 18.4. The molecule has 1 amide bonds. The van der Waals surface area contributed by atoms with Crippen molar-refractivity contribution in [2.24, 2.45) is 0 Å². The fraction of sp³-hybridized carbons (Fsp3) is 0.250. The molecule has 0 fully saturated rings. The summed E-state index contributed by atoms with van der Waals surface area (Å²) >= 11 is 5.25. The van der Waals surface area contributed by atoms with E-state index in [2.05, 4.69) is 34.7 Å². The number of nitrogens with one attached hydrogen (secondary N) is 2. The minimum absolute atomic E-state index is 0.255. The third kappa shape index (κ3) is 4.67. The number of carbonyl (C=O) groups excluding carboxylic acids is 1. The highest BCUT2D eigenvalue weighted by atomic mass is 32.1. The Labute approximate surface area is 158 Å². The van der Waals surface area contributed by atoms with Gasteiger partial charge in [0.1, 0.15) is 5.65 Å². The summed E-state index contributed by atoms with van der Waals surface area (Å²) in [4.78, 5) is 16.5. The van der Waals surface area contributed by atoms with Crippen molar-refractivity contribution in [2.75, 3.05) is 5.32 Å². The standard InChI is InChI=1S/C20H22N4OS/c1-2-3-4-5-15-6-9-17(10-7-15)22-20(26)23-19(25)16-8-11-18-21-12-13-24(18)14-16/h6-14H,2-5H2,1H3,(H2,22,23,25,26). The molecule has 0 spiro atoms. The Balaban J connectivity index is 1.55. The summed E-state index contributed by atoms with van der Waals surface area (Å²) in [6.45, 7) is 2.20. The molecule has 134 valence electrons. The summed E-state index contributed by atoms with van der Waals surface area (Å²) in [5.74, 6) is -0.255. The zero-order valence-electron chi connectivity index (χ0n) is 14.7. The first-order valence-electron chi connectivity index (χ1n) is 8.79. The molecular formula is C20H22N4OS. The normalized spacial score (nSPS) is 10.7. The van der Waals surface area contributed by atoms with Gasteiger partial charge in [-0.1, -0.05) is 31.9 Å². The van der Waals surface area contributed by atoms with Gasteiger partial charge < -0.3 is 9.72 Å². The highest BCUT2D eigenvalue weighted by molar-refractivity contribution is 7.80. The van der Waals surface area contributed by atoms with Crippen LogP contribution in [0.4, 0.5) is 5.69 Å². The number of aromatic nitrogens is 2. The molecule has 0 aliphatic heterocycles. The van der Waals surface area contributed by atoms with E-state index in [0.717, 1.165) is 17.8 Å². The van der Waals surface area contributed by atoms with Crippen molar-refractivity contribution in [1.29, 1.82) is 0 Å². The van der Waals surface area contributed by atoms with Gasteiger partial charge in [-0.05, 0) is 54.9 Å². The number of benzene rings is 1. The summed E-state index contributed by atoms with van der Waals surface area (Å²) in [6, 6.07) is 11.7. The van der Waals surface area contributed by atoms with Gasteiger partial charge in [-0.2, -0.15) is 0 Å². The molecule has 6 heteroatoms. The fourth-order valence-corrected chi connectivity index (χ4v) is 2.94. The molecule has 3 rings (SSSR count). The van der Waals surface area contributed by atoms with Crippen molar-refractivity contribution in [3.63, 3.8) is 0 Å². The van der Waals surface area contributed by atoms with Crippen LogP contribution >= 0.6 is 12.2 Å². The van der Waals surface area contributed by atoms with Crippen LogP contribution in [-0.4, -0.2) is 20.4 Å². The van der Waals surface area contributed by atoms with Gasteiger partial charge >= 0.3 is 0 Å². The number of unbranched alkanes of at least 4 members (excludes halogenated alkanes) is 2. The minimum Gasteiger partial charge on any atom is -0.332 e. The summed E-state index contributed by atoms with van der Waals surface area (Å²) < 4.78 is 1.79. The fourth-order valence-electron chi connectivity index (χ4n) is 2.73. The van der Waals surface area contributed by atoms with Gasteiger partial charge in [0.2, 0.25) is 0 Å². The van der Waals surface area contributed by atoms with Crippen molar-refractivity contribution in [1.82, 2.24) is 14.7 Å². The minimum atomic E-state index is -0.255. The summed E-state index contributed by atoms with van der Waals surface area (Å²) in [5.41, 5.74) is 3.49. The summed E-state index contributed by atoms with van der Waals surface area (Å²) in [7, 11) is 0. The van der Waals surface area contributed by atoms with Gasteiger partial charge in [0, 0.05) is 24.3 Å². The number of anilines is 1. The molecule has 0 aliphatic carbocycles. The van der Waals surface area contributed by atoms with Gasteiger partial charge in [0.25, 0.3) is 5.91 Å². The first-order valence-corrected chi connectivity index (χ1v) is 9.20. The van der Waals surface area contributed by atoms with E-state index < -0.39 is 0 Å². The monoisotopic (exact) mass is 366 g/mol. The molecule has 2 aromatic heterocycles. The van der Waals surface area contributed by atoms with Crippen LogP contribution in [0.1, 0.15) is 42.1 Å². The number of carbonyl (C=O) groups is 1. The lowest BCUT2D eigenvalue weighted by molar-refractivity contribution is 0.0977. The van der Waals surface area contributed by atoms with Crippen LogP contribution in [0.25, 0.3) is 5.65 Å². The predicted molar refractivity (Wildman–Crippen MR) is 109 cm³/mol. The lowest BCUT2D eigenvalue weighted by Crippen LogP contribution is -2.34. The molecule has 0 aliphatic rings.